The number of pyridine rings is 1. The minimum absolute atomic E-state index is 0.0279. The number of aromatic nitrogens is 3. The molecule has 0 aliphatic heterocycles. The van der Waals surface area contributed by atoms with E-state index < -0.39 is 0 Å². The number of aryl methyl sites for hydroxylation is 1. The summed E-state index contributed by atoms with van der Waals surface area (Å²) in [6, 6.07) is 19.0. The van der Waals surface area contributed by atoms with Gasteiger partial charge in [-0.3, -0.25) is 14.3 Å². The number of esters is 1. The summed E-state index contributed by atoms with van der Waals surface area (Å²) in [6.45, 7) is 4.72. The molecular weight excluding hydrogens is 430 g/mol. The van der Waals surface area contributed by atoms with Crippen molar-refractivity contribution in [3.8, 4) is 11.4 Å². The van der Waals surface area contributed by atoms with Crippen molar-refractivity contribution in [2.24, 2.45) is 0 Å². The van der Waals surface area contributed by atoms with E-state index in [-0.39, 0.29) is 17.9 Å². The van der Waals surface area contributed by atoms with Crippen molar-refractivity contribution in [1.82, 2.24) is 14.3 Å². The van der Waals surface area contributed by atoms with Crippen LogP contribution in [0.15, 0.2) is 65.5 Å². The molecule has 4 rings (SSSR count). The first-order valence-electron chi connectivity index (χ1n) is 11.5. The first-order valence-corrected chi connectivity index (χ1v) is 11.5. The highest BCUT2D eigenvalue weighted by Gasteiger charge is 2.21. The van der Waals surface area contributed by atoms with Gasteiger partial charge in [-0.2, -0.15) is 0 Å². The second kappa shape index (κ2) is 10.4. The largest absolute Gasteiger partial charge is 0.497 e. The molecule has 176 valence electrons. The minimum atomic E-state index is -0.339. The van der Waals surface area contributed by atoms with Crippen LogP contribution in [0.1, 0.15) is 36.6 Å². The second-order valence-electron chi connectivity index (χ2n) is 8.23. The minimum Gasteiger partial charge on any atom is -0.497 e. The average Bonchev–Trinajstić information content (AvgIpc) is 3.11. The normalized spacial score (nSPS) is 11.0. The molecule has 34 heavy (non-hydrogen) atoms. The van der Waals surface area contributed by atoms with E-state index in [2.05, 4.69) is 0 Å². The van der Waals surface area contributed by atoms with Crippen molar-refractivity contribution >= 4 is 17.0 Å². The van der Waals surface area contributed by atoms with Gasteiger partial charge in [0.1, 0.15) is 5.75 Å². The highest BCUT2D eigenvalue weighted by Crippen LogP contribution is 2.22. The molecule has 0 atom stereocenters. The van der Waals surface area contributed by atoms with Crippen LogP contribution in [-0.4, -0.2) is 34.0 Å². The third-order valence-corrected chi connectivity index (χ3v) is 5.69. The molecule has 0 saturated heterocycles. The number of hydrogen-bond donors (Lipinski definition) is 0. The lowest BCUT2D eigenvalue weighted by molar-refractivity contribution is -0.142. The van der Waals surface area contributed by atoms with Gasteiger partial charge < -0.3 is 9.47 Å². The van der Waals surface area contributed by atoms with Crippen LogP contribution in [0.25, 0.3) is 16.7 Å². The van der Waals surface area contributed by atoms with Gasteiger partial charge in [0.15, 0.2) is 5.65 Å². The molecule has 0 radical (unpaired) electrons. The van der Waals surface area contributed by atoms with Crippen LogP contribution in [0.3, 0.4) is 0 Å². The maximum Gasteiger partial charge on any atom is 0.310 e. The Kier molecular flexibility index (Phi) is 7.11. The van der Waals surface area contributed by atoms with Crippen LogP contribution >= 0.6 is 0 Å². The van der Waals surface area contributed by atoms with E-state index in [4.69, 9.17) is 14.5 Å². The lowest BCUT2D eigenvalue weighted by atomic mass is 10.1. The number of fused-ring (bicyclic) bond motifs is 1. The van der Waals surface area contributed by atoms with Crippen LogP contribution in [-0.2, 0) is 22.5 Å². The number of ether oxygens (including phenoxy) is 2. The Bertz CT molecular complexity index is 1340. The fourth-order valence-corrected chi connectivity index (χ4v) is 4.00. The van der Waals surface area contributed by atoms with E-state index in [1.165, 1.54) is 0 Å². The van der Waals surface area contributed by atoms with Crippen LogP contribution in [0, 0.1) is 6.92 Å². The van der Waals surface area contributed by atoms with Gasteiger partial charge in [-0.25, -0.2) is 9.67 Å². The van der Waals surface area contributed by atoms with Gasteiger partial charge in [-0.1, -0.05) is 43.7 Å². The fourth-order valence-electron chi connectivity index (χ4n) is 4.00. The molecular formula is C27H29N3O4. The maximum absolute atomic E-state index is 13.7. The summed E-state index contributed by atoms with van der Waals surface area (Å²) in [5.41, 5.74) is 3.42. The summed E-state index contributed by atoms with van der Waals surface area (Å²) in [4.78, 5) is 31.0. The first-order chi connectivity index (χ1) is 16.5. The van der Waals surface area contributed by atoms with E-state index in [0.717, 1.165) is 35.5 Å². The van der Waals surface area contributed by atoms with Crippen LogP contribution in [0.4, 0.5) is 0 Å². The fraction of sp³-hybridized carbons (Fsp3) is 0.296. The summed E-state index contributed by atoms with van der Waals surface area (Å²) in [5.74, 6) is 0.424. The number of hydrogen-bond acceptors (Lipinski definition) is 5. The van der Waals surface area contributed by atoms with Gasteiger partial charge in [0.05, 0.1) is 37.8 Å². The van der Waals surface area contributed by atoms with Gasteiger partial charge in [0.2, 0.25) is 0 Å². The zero-order valence-electron chi connectivity index (χ0n) is 19.8. The van der Waals surface area contributed by atoms with Crippen LogP contribution in [0.2, 0.25) is 0 Å². The number of benzene rings is 2. The van der Waals surface area contributed by atoms with Crippen molar-refractivity contribution in [1.29, 1.82) is 0 Å². The van der Waals surface area contributed by atoms with Crippen molar-refractivity contribution in [2.45, 2.75) is 39.7 Å². The molecule has 2 aromatic carbocycles. The summed E-state index contributed by atoms with van der Waals surface area (Å²) in [7, 11) is 1.63. The molecule has 0 saturated carbocycles. The lowest BCUT2D eigenvalue weighted by Crippen LogP contribution is -2.22. The number of methoxy groups -OCH3 is 1. The smallest absolute Gasteiger partial charge is 0.310 e. The highest BCUT2D eigenvalue weighted by molar-refractivity contribution is 5.85. The van der Waals surface area contributed by atoms with E-state index in [0.29, 0.717) is 29.7 Å². The molecule has 0 bridgehead atoms. The van der Waals surface area contributed by atoms with Gasteiger partial charge in [-0.05, 0) is 54.8 Å². The summed E-state index contributed by atoms with van der Waals surface area (Å²) < 4.78 is 14.1. The Labute approximate surface area is 198 Å². The number of nitrogens with zero attached hydrogens (tertiary/aromatic N) is 3. The summed E-state index contributed by atoms with van der Waals surface area (Å²) in [5, 5.41) is 0.440. The van der Waals surface area contributed by atoms with Crippen molar-refractivity contribution in [3.05, 3.63) is 87.8 Å². The Morgan fingerprint density at radius 2 is 1.79 bits per heavy atom. The van der Waals surface area contributed by atoms with E-state index in [1.54, 1.807) is 17.9 Å². The number of para-hydroxylation sites is 1. The Morgan fingerprint density at radius 1 is 1.06 bits per heavy atom. The molecule has 0 spiro atoms. The zero-order chi connectivity index (χ0) is 24.1. The molecule has 4 aromatic rings. The average molecular weight is 460 g/mol. The number of carbonyl (C=O) groups excluding carboxylic acids is 1. The molecule has 0 N–H and O–H groups in total. The standard InChI is InChI=1S/C27H29N3O4/c1-4-5-15-34-24(31)17-21-16-19(2)28-26-25(21)27(32)30(22-9-7-6-8-10-22)29(26)18-20-11-13-23(33-3)14-12-20/h6-14,16H,4-5,15,17-18H2,1-3H3. The van der Waals surface area contributed by atoms with Gasteiger partial charge in [0.25, 0.3) is 5.56 Å². The third-order valence-electron chi connectivity index (χ3n) is 5.69. The van der Waals surface area contributed by atoms with Crippen molar-refractivity contribution in [3.63, 3.8) is 0 Å². The molecule has 0 aliphatic rings. The molecule has 7 heteroatoms. The topological polar surface area (TPSA) is 75.4 Å². The SMILES string of the molecule is CCCCOC(=O)Cc1cc(C)nc2c1c(=O)n(-c1ccccc1)n2Cc1ccc(OC)cc1. The van der Waals surface area contributed by atoms with Crippen molar-refractivity contribution < 1.29 is 14.3 Å². The number of rotatable bonds is 9. The monoisotopic (exact) mass is 459 g/mol. The Morgan fingerprint density at radius 3 is 2.47 bits per heavy atom. The van der Waals surface area contributed by atoms with E-state index in [9.17, 15) is 9.59 Å². The molecule has 0 amide bonds. The predicted octanol–water partition coefficient (Wildman–Crippen LogP) is 4.44. The molecule has 7 nitrogen and oxygen atoms in total. The first kappa shape index (κ1) is 23.3. The predicted molar refractivity (Wildman–Crippen MR) is 132 cm³/mol. The van der Waals surface area contributed by atoms with Crippen molar-refractivity contribution in [2.75, 3.05) is 13.7 Å². The third kappa shape index (κ3) is 4.88. The van der Waals surface area contributed by atoms with Gasteiger partial charge >= 0.3 is 5.97 Å². The zero-order valence-corrected chi connectivity index (χ0v) is 19.8. The molecule has 2 heterocycles. The lowest BCUT2D eigenvalue weighted by Gasteiger charge is -2.13. The Hall–Kier alpha value is -3.87. The maximum atomic E-state index is 13.7. The number of unbranched alkanes of at least 4 members (excludes halogenated alkanes) is 1. The summed E-state index contributed by atoms with van der Waals surface area (Å²) >= 11 is 0. The molecule has 0 fully saturated rings. The summed E-state index contributed by atoms with van der Waals surface area (Å²) in [6.07, 6.45) is 1.79. The molecule has 0 aliphatic carbocycles. The highest BCUT2D eigenvalue weighted by atomic mass is 16.5. The number of carbonyl (C=O) groups is 1. The van der Waals surface area contributed by atoms with Crippen LogP contribution in [0.5, 0.6) is 5.75 Å². The Balaban J connectivity index is 1.85. The molecule has 2 aromatic heterocycles. The van der Waals surface area contributed by atoms with E-state index >= 15 is 0 Å². The van der Waals surface area contributed by atoms with Gasteiger partial charge in [-0.15, -0.1) is 0 Å². The molecule has 0 unspecified atom stereocenters. The van der Waals surface area contributed by atoms with Gasteiger partial charge in [0, 0.05) is 5.69 Å². The van der Waals surface area contributed by atoms with Crippen LogP contribution < -0.4 is 10.3 Å². The quantitative estimate of drug-likeness (QED) is 0.273. The second-order valence-corrected chi connectivity index (χ2v) is 8.23. The van der Waals surface area contributed by atoms with E-state index in [1.807, 2.05) is 73.1 Å².